The number of hydrogen-bond donors (Lipinski definition) is 0. The first kappa shape index (κ1) is 25.9. The minimum Gasteiger partial charge on any atom is -0.264 e. The summed E-state index contributed by atoms with van der Waals surface area (Å²) in [6.07, 6.45) is 0. The van der Waals surface area contributed by atoms with E-state index in [0.717, 1.165) is 0 Å². The number of hydrogen-bond acceptors (Lipinski definition) is 1. The van der Waals surface area contributed by atoms with Gasteiger partial charge in [-0.1, -0.05) is 39.3 Å². The Kier molecular flexibility index (Phi) is 7.62. The monoisotopic (exact) mass is 425 g/mol. The summed E-state index contributed by atoms with van der Waals surface area (Å²) in [5.74, 6) is 0. The van der Waals surface area contributed by atoms with E-state index in [4.69, 9.17) is 16.0 Å². The summed E-state index contributed by atoms with van der Waals surface area (Å²) in [5, 5.41) is 0. The Morgan fingerprint density at radius 1 is 0.640 bits per heavy atom. The first-order valence-corrected chi connectivity index (χ1v) is 18.8. The summed E-state index contributed by atoms with van der Waals surface area (Å²) in [6.45, 7) is 32.3. The average molecular weight is 426 g/mol. The molecule has 0 spiro atoms. The molecule has 0 aromatic carbocycles. The van der Waals surface area contributed by atoms with Gasteiger partial charge < -0.3 is 0 Å². The largest absolute Gasteiger partial charge is 0.264 e. The molecule has 0 rings (SSSR count). The number of rotatable bonds is 4. The van der Waals surface area contributed by atoms with Crippen molar-refractivity contribution in [2.45, 2.75) is 118 Å². The van der Waals surface area contributed by atoms with E-state index < -0.39 is 23.2 Å². The van der Waals surface area contributed by atoms with E-state index in [0.29, 0.717) is 0 Å². The number of nitrogens with zero attached hydrogens (tertiary/aromatic N) is 3. The standard InChI is InChI=1S/C18H45ClN3PSi2/c1-16(2,3)20-23(19,21(17(4,5)6)24(10,11)12)22(18(7,8)9)25(13,14)15/h1-15H3. The fraction of sp³-hybridized carbons (Fsp3) is 1.00. The summed E-state index contributed by atoms with van der Waals surface area (Å²) in [5.41, 5.74) is -0.238. The zero-order valence-electron chi connectivity index (χ0n) is 19.7. The molecule has 0 aliphatic carbocycles. The smallest absolute Gasteiger partial charge is 0.175 e. The van der Waals surface area contributed by atoms with Crippen LogP contribution in [0.4, 0.5) is 0 Å². The first-order chi connectivity index (χ1) is 10.4. The molecule has 0 aromatic heterocycles. The molecule has 0 aliphatic rings. The van der Waals surface area contributed by atoms with Crippen LogP contribution in [0.2, 0.25) is 39.3 Å². The molecule has 0 aromatic rings. The van der Waals surface area contributed by atoms with Gasteiger partial charge >= 0.3 is 0 Å². The molecular weight excluding hydrogens is 381 g/mol. The molecule has 7 heteroatoms. The molecule has 25 heavy (non-hydrogen) atoms. The van der Waals surface area contributed by atoms with E-state index >= 15 is 0 Å². The molecule has 0 fully saturated rings. The van der Waals surface area contributed by atoms with Crippen LogP contribution in [0.25, 0.3) is 0 Å². The maximum atomic E-state index is 7.76. The minimum absolute atomic E-state index is 0.0299. The van der Waals surface area contributed by atoms with Crippen LogP contribution in [0, 0.1) is 0 Å². The van der Waals surface area contributed by atoms with Crippen LogP contribution in [0.5, 0.6) is 0 Å². The first-order valence-electron chi connectivity index (χ1n) is 9.39. The average Bonchev–Trinajstić information content (AvgIpc) is 1.98. The Morgan fingerprint density at radius 3 is 1.00 bits per heavy atom. The molecule has 0 aliphatic heterocycles. The Labute approximate surface area is 166 Å². The van der Waals surface area contributed by atoms with E-state index in [1.54, 1.807) is 0 Å². The topological polar surface area (TPSA) is 18.8 Å². The third-order valence-electron chi connectivity index (χ3n) is 3.48. The van der Waals surface area contributed by atoms with Gasteiger partial charge in [0.2, 0.25) is 0 Å². The third-order valence-corrected chi connectivity index (χ3v) is 17.6. The Balaban J connectivity index is 7.17. The molecule has 0 heterocycles. The SMILES string of the molecule is CC(C)(C)N=P(Cl)(N(C(C)(C)C)[Si](C)(C)C)N(C(C)(C)C)[Si](C)(C)C. The maximum Gasteiger partial charge on any atom is 0.175 e. The molecule has 0 N–H and O–H groups in total. The van der Waals surface area contributed by atoms with Crippen molar-refractivity contribution in [2.24, 2.45) is 4.74 Å². The highest BCUT2D eigenvalue weighted by Crippen LogP contribution is 2.70. The highest BCUT2D eigenvalue weighted by Gasteiger charge is 2.52. The van der Waals surface area contributed by atoms with Crippen LogP contribution < -0.4 is 0 Å². The quantitative estimate of drug-likeness (QED) is 0.337. The van der Waals surface area contributed by atoms with Crippen LogP contribution >= 0.6 is 17.9 Å². The van der Waals surface area contributed by atoms with Crippen molar-refractivity contribution in [3.63, 3.8) is 0 Å². The van der Waals surface area contributed by atoms with Crippen LogP contribution in [-0.4, -0.2) is 41.8 Å². The normalized spacial score (nSPS) is 15.9. The Hall–Kier alpha value is 0.874. The molecular formula is C18H45ClN3PSi2. The van der Waals surface area contributed by atoms with Gasteiger partial charge in [-0.3, -0.25) is 13.4 Å². The van der Waals surface area contributed by atoms with E-state index in [9.17, 15) is 0 Å². The van der Waals surface area contributed by atoms with Crippen molar-refractivity contribution in [1.82, 2.24) is 8.67 Å². The zero-order chi connectivity index (χ0) is 20.9. The van der Waals surface area contributed by atoms with E-state index in [1.165, 1.54) is 0 Å². The van der Waals surface area contributed by atoms with Gasteiger partial charge in [0.1, 0.15) is 16.5 Å². The van der Waals surface area contributed by atoms with Gasteiger partial charge in [-0.05, 0) is 73.6 Å². The van der Waals surface area contributed by atoms with Gasteiger partial charge in [-0.2, -0.15) is 0 Å². The summed E-state index contributed by atoms with van der Waals surface area (Å²) in [6, 6.07) is 0. The predicted octanol–water partition coefficient (Wildman–Crippen LogP) is 7.84. The maximum absolute atomic E-state index is 7.76. The predicted molar refractivity (Wildman–Crippen MR) is 125 cm³/mol. The van der Waals surface area contributed by atoms with Crippen molar-refractivity contribution in [2.75, 3.05) is 0 Å². The Morgan fingerprint density at radius 2 is 0.880 bits per heavy atom. The lowest BCUT2D eigenvalue weighted by Crippen LogP contribution is -2.61. The van der Waals surface area contributed by atoms with E-state index in [1.807, 2.05) is 0 Å². The summed E-state index contributed by atoms with van der Waals surface area (Å²) >= 11 is 7.76. The van der Waals surface area contributed by atoms with E-state index in [2.05, 4.69) is 110 Å². The molecule has 0 amide bonds. The van der Waals surface area contributed by atoms with Crippen molar-refractivity contribution in [3.05, 3.63) is 0 Å². The third kappa shape index (κ3) is 7.08. The van der Waals surface area contributed by atoms with Gasteiger partial charge in [0.25, 0.3) is 0 Å². The lowest BCUT2D eigenvalue weighted by atomic mass is 10.1. The second-order valence-corrected chi connectivity index (χ2v) is 25.8. The van der Waals surface area contributed by atoms with Gasteiger partial charge in [-0.15, -0.1) is 0 Å². The lowest BCUT2D eigenvalue weighted by molar-refractivity contribution is 0.315. The van der Waals surface area contributed by atoms with Gasteiger partial charge in [0.15, 0.2) is 6.71 Å². The van der Waals surface area contributed by atoms with Gasteiger partial charge in [0.05, 0.1) is 5.54 Å². The van der Waals surface area contributed by atoms with Crippen molar-refractivity contribution in [1.29, 1.82) is 0 Å². The van der Waals surface area contributed by atoms with Crippen molar-refractivity contribution < 1.29 is 0 Å². The molecule has 0 saturated heterocycles. The molecule has 0 bridgehead atoms. The highest BCUT2D eigenvalue weighted by molar-refractivity contribution is 7.89. The molecule has 0 saturated carbocycles. The Bertz CT molecular complexity index is 451. The second-order valence-electron chi connectivity index (χ2n) is 12.1. The highest BCUT2D eigenvalue weighted by atomic mass is 35.7. The van der Waals surface area contributed by atoms with Crippen LogP contribution in [0.1, 0.15) is 62.3 Å². The molecule has 3 nitrogen and oxygen atoms in total. The van der Waals surface area contributed by atoms with Crippen LogP contribution in [0.3, 0.4) is 0 Å². The molecule has 152 valence electrons. The summed E-state index contributed by atoms with van der Waals surface area (Å²) in [4.78, 5) is 0. The molecule has 0 unspecified atom stereocenters. The second kappa shape index (κ2) is 7.37. The van der Waals surface area contributed by atoms with Crippen LogP contribution in [-0.2, 0) is 0 Å². The van der Waals surface area contributed by atoms with E-state index in [-0.39, 0.29) is 16.6 Å². The fourth-order valence-electron chi connectivity index (χ4n) is 4.10. The lowest BCUT2D eigenvalue weighted by Gasteiger charge is -2.59. The summed E-state index contributed by atoms with van der Waals surface area (Å²) < 4.78 is 10.7. The van der Waals surface area contributed by atoms with Gasteiger partial charge in [0, 0.05) is 11.1 Å². The van der Waals surface area contributed by atoms with Gasteiger partial charge in [-0.25, -0.2) is 0 Å². The zero-order valence-corrected chi connectivity index (χ0v) is 23.3. The minimum atomic E-state index is -2.41. The van der Waals surface area contributed by atoms with Crippen LogP contribution in [0.15, 0.2) is 4.74 Å². The molecule has 0 atom stereocenters. The molecule has 0 radical (unpaired) electrons. The fourth-order valence-corrected chi connectivity index (χ4v) is 24.1. The van der Waals surface area contributed by atoms with Crippen molar-refractivity contribution in [3.8, 4) is 0 Å². The van der Waals surface area contributed by atoms with Crippen molar-refractivity contribution >= 4 is 34.4 Å². The summed E-state index contributed by atoms with van der Waals surface area (Å²) in [7, 11) is -3.48. The number of halogens is 1.